The lowest BCUT2D eigenvalue weighted by Crippen LogP contribution is -2.45. The van der Waals surface area contributed by atoms with E-state index in [1.807, 2.05) is 0 Å². The van der Waals surface area contributed by atoms with Crippen LogP contribution in [0.25, 0.3) is 0 Å². The number of hydrogen-bond acceptors (Lipinski definition) is 1. The van der Waals surface area contributed by atoms with Crippen LogP contribution in [0.5, 0.6) is 0 Å². The SMILES string of the molecule is CC1CC(C)(C)CCC1(O)CC1CC2CCC1C2. The molecule has 0 amide bonds. The fraction of sp³-hybridized carbons (Fsp3) is 1.00. The Bertz CT molecular complexity index is 322. The molecule has 0 saturated heterocycles. The molecule has 0 aromatic heterocycles. The van der Waals surface area contributed by atoms with Gasteiger partial charge >= 0.3 is 0 Å². The maximum absolute atomic E-state index is 11.1. The van der Waals surface area contributed by atoms with E-state index in [1.165, 1.54) is 38.5 Å². The first-order chi connectivity index (χ1) is 8.38. The van der Waals surface area contributed by atoms with Crippen molar-refractivity contribution in [3.8, 4) is 0 Å². The summed E-state index contributed by atoms with van der Waals surface area (Å²) in [6, 6.07) is 0. The highest BCUT2D eigenvalue weighted by Crippen LogP contribution is 2.54. The van der Waals surface area contributed by atoms with Crippen molar-refractivity contribution in [3.63, 3.8) is 0 Å². The summed E-state index contributed by atoms with van der Waals surface area (Å²) in [5.41, 5.74) is 0.102. The molecule has 2 bridgehead atoms. The van der Waals surface area contributed by atoms with Crippen LogP contribution in [0.2, 0.25) is 0 Å². The predicted octanol–water partition coefficient (Wildman–Crippen LogP) is 4.39. The van der Waals surface area contributed by atoms with Crippen LogP contribution >= 0.6 is 0 Å². The molecule has 5 unspecified atom stereocenters. The van der Waals surface area contributed by atoms with E-state index < -0.39 is 0 Å². The summed E-state index contributed by atoms with van der Waals surface area (Å²) in [7, 11) is 0. The fourth-order valence-electron chi connectivity index (χ4n) is 5.31. The van der Waals surface area contributed by atoms with Gasteiger partial charge in [0.1, 0.15) is 0 Å². The maximum atomic E-state index is 11.1. The van der Waals surface area contributed by atoms with Gasteiger partial charge in [0.2, 0.25) is 0 Å². The zero-order valence-corrected chi connectivity index (χ0v) is 12.4. The van der Waals surface area contributed by atoms with Crippen LogP contribution in [-0.4, -0.2) is 10.7 Å². The molecule has 18 heavy (non-hydrogen) atoms. The van der Waals surface area contributed by atoms with Gasteiger partial charge in [0.15, 0.2) is 0 Å². The first-order valence-electron chi connectivity index (χ1n) is 8.10. The van der Waals surface area contributed by atoms with Gasteiger partial charge in [-0.3, -0.25) is 0 Å². The monoisotopic (exact) mass is 250 g/mol. The number of hydrogen-bond donors (Lipinski definition) is 1. The Morgan fingerprint density at radius 2 is 1.89 bits per heavy atom. The van der Waals surface area contributed by atoms with Crippen molar-refractivity contribution < 1.29 is 5.11 Å². The third-order valence-corrected chi connectivity index (χ3v) is 6.51. The lowest BCUT2D eigenvalue weighted by atomic mass is 9.62. The highest BCUT2D eigenvalue weighted by Gasteiger charge is 2.47. The average molecular weight is 250 g/mol. The van der Waals surface area contributed by atoms with Crippen LogP contribution in [0.4, 0.5) is 0 Å². The van der Waals surface area contributed by atoms with Crippen molar-refractivity contribution >= 4 is 0 Å². The Morgan fingerprint density at radius 3 is 2.44 bits per heavy atom. The smallest absolute Gasteiger partial charge is 0.0676 e. The van der Waals surface area contributed by atoms with E-state index in [1.54, 1.807) is 0 Å². The van der Waals surface area contributed by atoms with E-state index in [4.69, 9.17) is 0 Å². The van der Waals surface area contributed by atoms with Crippen molar-refractivity contribution in [1.29, 1.82) is 0 Å². The third-order valence-electron chi connectivity index (χ3n) is 6.51. The Morgan fingerprint density at radius 1 is 1.11 bits per heavy atom. The van der Waals surface area contributed by atoms with Crippen molar-refractivity contribution in [2.24, 2.45) is 29.1 Å². The Kier molecular flexibility index (Phi) is 3.05. The zero-order chi connectivity index (χ0) is 13.0. The molecule has 0 aromatic rings. The second kappa shape index (κ2) is 4.23. The van der Waals surface area contributed by atoms with Gasteiger partial charge in [-0.15, -0.1) is 0 Å². The third kappa shape index (κ3) is 2.24. The molecule has 1 heteroatoms. The first-order valence-corrected chi connectivity index (χ1v) is 8.10. The van der Waals surface area contributed by atoms with E-state index in [0.29, 0.717) is 11.3 Å². The molecule has 3 aliphatic carbocycles. The molecule has 5 atom stereocenters. The minimum absolute atomic E-state index is 0.343. The largest absolute Gasteiger partial charge is 0.390 e. The predicted molar refractivity (Wildman–Crippen MR) is 75.3 cm³/mol. The Labute approximate surface area is 112 Å². The maximum Gasteiger partial charge on any atom is 0.0676 e. The van der Waals surface area contributed by atoms with Crippen LogP contribution in [0.1, 0.15) is 72.1 Å². The van der Waals surface area contributed by atoms with Gasteiger partial charge in [-0.05, 0) is 74.0 Å². The lowest BCUT2D eigenvalue weighted by Gasteiger charge is -2.47. The van der Waals surface area contributed by atoms with Crippen LogP contribution < -0.4 is 0 Å². The molecule has 1 N–H and O–H groups in total. The summed E-state index contributed by atoms with van der Waals surface area (Å²) in [6.45, 7) is 7.01. The molecular weight excluding hydrogens is 220 g/mol. The van der Waals surface area contributed by atoms with E-state index in [2.05, 4.69) is 20.8 Å². The highest BCUT2D eigenvalue weighted by molar-refractivity contribution is 4.99. The minimum atomic E-state index is -0.343. The number of fused-ring (bicyclic) bond motifs is 2. The van der Waals surface area contributed by atoms with Gasteiger partial charge in [-0.1, -0.05) is 27.2 Å². The van der Waals surface area contributed by atoms with Gasteiger partial charge in [0.05, 0.1) is 5.60 Å². The summed E-state index contributed by atoms with van der Waals surface area (Å²) < 4.78 is 0. The summed E-state index contributed by atoms with van der Waals surface area (Å²) >= 11 is 0. The normalized spacial score (nSPS) is 50.7. The van der Waals surface area contributed by atoms with E-state index in [-0.39, 0.29) is 5.60 Å². The molecule has 3 aliphatic rings. The second-order valence-corrected chi connectivity index (χ2v) is 8.51. The fourth-order valence-corrected chi connectivity index (χ4v) is 5.31. The summed E-state index contributed by atoms with van der Waals surface area (Å²) in [6.07, 6.45) is 10.4. The van der Waals surface area contributed by atoms with Crippen LogP contribution in [0.15, 0.2) is 0 Å². The van der Waals surface area contributed by atoms with Crippen molar-refractivity contribution in [2.75, 3.05) is 0 Å². The molecule has 1 nitrogen and oxygen atoms in total. The Balaban J connectivity index is 1.65. The topological polar surface area (TPSA) is 20.2 Å². The molecule has 3 saturated carbocycles. The van der Waals surface area contributed by atoms with E-state index in [0.717, 1.165) is 30.6 Å². The van der Waals surface area contributed by atoms with Crippen molar-refractivity contribution in [1.82, 2.24) is 0 Å². The van der Waals surface area contributed by atoms with E-state index in [9.17, 15) is 5.11 Å². The second-order valence-electron chi connectivity index (χ2n) is 8.51. The average Bonchev–Trinajstić information content (AvgIpc) is 2.86. The Hall–Kier alpha value is -0.0400. The van der Waals surface area contributed by atoms with Crippen LogP contribution in [-0.2, 0) is 0 Å². The molecule has 0 aliphatic heterocycles. The molecule has 0 heterocycles. The number of rotatable bonds is 2. The zero-order valence-electron chi connectivity index (χ0n) is 12.4. The molecule has 0 radical (unpaired) electrons. The lowest BCUT2D eigenvalue weighted by molar-refractivity contribution is -0.0901. The van der Waals surface area contributed by atoms with Gasteiger partial charge in [0.25, 0.3) is 0 Å². The van der Waals surface area contributed by atoms with Gasteiger partial charge in [-0.25, -0.2) is 0 Å². The highest BCUT2D eigenvalue weighted by atomic mass is 16.3. The van der Waals surface area contributed by atoms with Gasteiger partial charge in [-0.2, -0.15) is 0 Å². The molecule has 0 aromatic carbocycles. The first kappa shape index (κ1) is 13.0. The molecule has 3 fully saturated rings. The summed E-state index contributed by atoms with van der Waals surface area (Å²) in [4.78, 5) is 0. The minimum Gasteiger partial charge on any atom is -0.390 e. The quantitative estimate of drug-likeness (QED) is 0.770. The molecule has 3 rings (SSSR count). The van der Waals surface area contributed by atoms with E-state index >= 15 is 0 Å². The van der Waals surface area contributed by atoms with Crippen molar-refractivity contribution in [2.45, 2.75) is 77.7 Å². The van der Waals surface area contributed by atoms with Crippen LogP contribution in [0, 0.1) is 29.1 Å². The van der Waals surface area contributed by atoms with Gasteiger partial charge < -0.3 is 5.11 Å². The summed E-state index contributed by atoms with van der Waals surface area (Å²) in [5, 5.41) is 11.1. The summed E-state index contributed by atoms with van der Waals surface area (Å²) in [5.74, 6) is 3.30. The number of aliphatic hydroxyl groups is 1. The molecule has 0 spiro atoms. The molecular formula is C17H30O. The van der Waals surface area contributed by atoms with Crippen LogP contribution in [0.3, 0.4) is 0 Å². The van der Waals surface area contributed by atoms with Gasteiger partial charge in [0, 0.05) is 0 Å². The molecule has 104 valence electrons. The van der Waals surface area contributed by atoms with Crippen molar-refractivity contribution in [3.05, 3.63) is 0 Å². The standard InChI is InChI=1S/C17H30O/c1-12-10-16(2,3)6-7-17(12,18)11-15-9-13-4-5-14(15)8-13/h12-15,18H,4-11H2,1-3H3.